The van der Waals surface area contributed by atoms with Crippen LogP contribution in [0, 0.1) is 22.7 Å². The number of nitrogens with zero attached hydrogens (tertiary/aromatic N) is 4. The summed E-state index contributed by atoms with van der Waals surface area (Å²) < 4.78 is 0. The lowest BCUT2D eigenvalue weighted by molar-refractivity contribution is -0.148. The van der Waals surface area contributed by atoms with Gasteiger partial charge in [-0.3, -0.25) is 4.79 Å². The lowest BCUT2D eigenvalue weighted by Crippen LogP contribution is -2.40. The van der Waals surface area contributed by atoms with Crippen LogP contribution < -0.4 is 4.90 Å². The van der Waals surface area contributed by atoms with E-state index in [1.807, 2.05) is 18.0 Å². The van der Waals surface area contributed by atoms with E-state index in [2.05, 4.69) is 11.0 Å². The number of nitriles is 1. The van der Waals surface area contributed by atoms with E-state index >= 15 is 0 Å². The average molecular weight is 326 g/mol. The maximum absolute atomic E-state index is 12.0. The summed E-state index contributed by atoms with van der Waals surface area (Å²) in [4.78, 5) is 20.9. The van der Waals surface area contributed by atoms with Gasteiger partial charge in [-0.2, -0.15) is 5.26 Å². The van der Waals surface area contributed by atoms with Crippen LogP contribution in [0.2, 0.25) is 0 Å². The Hall–Kier alpha value is -2.13. The highest BCUT2D eigenvalue weighted by Gasteiger charge is 2.57. The number of carboxylic acids is 1. The summed E-state index contributed by atoms with van der Waals surface area (Å²) in [7, 11) is 1.98. The molecule has 1 aromatic heterocycles. The normalized spacial score (nSPS) is 29.2. The Morgan fingerprint density at radius 3 is 2.88 bits per heavy atom. The van der Waals surface area contributed by atoms with Crippen LogP contribution >= 0.6 is 0 Å². The molecule has 0 spiro atoms. The molecule has 2 saturated heterocycles. The first kappa shape index (κ1) is 15.4. The van der Waals surface area contributed by atoms with Crippen molar-refractivity contribution in [1.82, 2.24) is 9.88 Å². The third-order valence-electron chi connectivity index (χ3n) is 5.91. The van der Waals surface area contributed by atoms with Crippen LogP contribution in [0.15, 0.2) is 6.07 Å². The molecule has 2 atom stereocenters. The van der Waals surface area contributed by atoms with Gasteiger partial charge in [0.2, 0.25) is 0 Å². The molecule has 126 valence electrons. The van der Waals surface area contributed by atoms with Crippen molar-refractivity contribution in [2.24, 2.45) is 11.3 Å². The Bertz CT molecular complexity index is 741. The van der Waals surface area contributed by atoms with E-state index in [0.717, 1.165) is 37.9 Å². The second-order valence-corrected chi connectivity index (χ2v) is 7.52. The van der Waals surface area contributed by atoms with Gasteiger partial charge in [-0.25, -0.2) is 4.98 Å². The lowest BCUT2D eigenvalue weighted by Gasteiger charge is -2.26. The predicted octanol–water partition coefficient (Wildman–Crippen LogP) is 1.28. The minimum Gasteiger partial charge on any atom is -0.481 e. The largest absolute Gasteiger partial charge is 0.481 e. The third-order valence-corrected chi connectivity index (χ3v) is 5.91. The number of rotatable bonds is 2. The Morgan fingerprint density at radius 1 is 1.38 bits per heavy atom. The number of aryl methyl sites for hydroxylation is 2. The number of fused-ring (bicyclic) bond motifs is 2. The maximum Gasteiger partial charge on any atom is 0.313 e. The molecule has 0 unspecified atom stereocenters. The summed E-state index contributed by atoms with van der Waals surface area (Å²) in [6.07, 6.45) is 4.23. The molecule has 4 rings (SSSR count). The van der Waals surface area contributed by atoms with E-state index in [1.54, 1.807) is 0 Å². The topological polar surface area (TPSA) is 80.5 Å². The molecule has 1 aliphatic carbocycles. The lowest BCUT2D eigenvalue weighted by atomic mass is 9.81. The van der Waals surface area contributed by atoms with E-state index in [-0.39, 0.29) is 5.92 Å². The maximum atomic E-state index is 12.0. The third kappa shape index (κ3) is 2.19. The molecule has 2 aliphatic heterocycles. The summed E-state index contributed by atoms with van der Waals surface area (Å²) in [6, 6.07) is 4.25. The van der Waals surface area contributed by atoms with Gasteiger partial charge in [0.05, 0.1) is 5.56 Å². The molecule has 6 nitrogen and oxygen atoms in total. The number of likely N-dealkylation sites (tertiary alicyclic amines) is 1. The van der Waals surface area contributed by atoms with Crippen LogP contribution in [0.25, 0.3) is 0 Å². The van der Waals surface area contributed by atoms with Crippen LogP contribution in [0.4, 0.5) is 5.82 Å². The number of aliphatic carboxylic acids is 1. The zero-order chi connectivity index (χ0) is 16.9. The molecule has 0 radical (unpaired) electrons. The van der Waals surface area contributed by atoms with Crippen molar-refractivity contribution in [3.05, 3.63) is 22.9 Å². The van der Waals surface area contributed by atoms with Crippen molar-refractivity contribution in [2.75, 3.05) is 38.1 Å². The van der Waals surface area contributed by atoms with Crippen LogP contribution in [-0.2, 0) is 17.6 Å². The minimum atomic E-state index is -0.737. The molecule has 1 aromatic rings. The number of anilines is 1. The van der Waals surface area contributed by atoms with Gasteiger partial charge in [0.25, 0.3) is 0 Å². The standard InChI is InChI=1S/C18H22N4O2/c1-21-8-14-9-22(11-18(14,10-21)17(23)24)16-13(7-19)6-12-4-2-3-5-15(12)20-16/h6,14H,2-5,8-11H2,1H3,(H,23,24)/t14-,18-/m0/s1. The van der Waals surface area contributed by atoms with Crippen molar-refractivity contribution in [1.29, 1.82) is 5.26 Å². The molecule has 24 heavy (non-hydrogen) atoms. The summed E-state index contributed by atoms with van der Waals surface area (Å²) >= 11 is 0. The fourth-order valence-corrected chi connectivity index (χ4v) is 4.73. The molecule has 1 N–H and O–H groups in total. The van der Waals surface area contributed by atoms with Gasteiger partial charge in [-0.15, -0.1) is 0 Å². The Balaban J connectivity index is 1.71. The van der Waals surface area contributed by atoms with Gasteiger partial charge in [0.1, 0.15) is 17.3 Å². The average Bonchev–Trinajstić information content (AvgIpc) is 3.07. The van der Waals surface area contributed by atoms with Crippen LogP contribution in [-0.4, -0.2) is 54.2 Å². The molecule has 3 heterocycles. The predicted molar refractivity (Wildman–Crippen MR) is 88.9 cm³/mol. The zero-order valence-electron chi connectivity index (χ0n) is 14.0. The second-order valence-electron chi connectivity index (χ2n) is 7.52. The quantitative estimate of drug-likeness (QED) is 0.882. The highest BCUT2D eigenvalue weighted by Crippen LogP contribution is 2.44. The molecular formula is C18H22N4O2. The number of hydrogen-bond donors (Lipinski definition) is 1. The van der Waals surface area contributed by atoms with Crippen molar-refractivity contribution >= 4 is 11.8 Å². The number of pyridine rings is 1. The van der Waals surface area contributed by atoms with Gasteiger partial charge in [-0.1, -0.05) is 0 Å². The smallest absolute Gasteiger partial charge is 0.313 e. The van der Waals surface area contributed by atoms with Gasteiger partial charge in [-0.05, 0) is 44.4 Å². The Morgan fingerprint density at radius 2 is 2.17 bits per heavy atom. The molecule has 0 saturated carbocycles. The zero-order valence-corrected chi connectivity index (χ0v) is 14.0. The van der Waals surface area contributed by atoms with Gasteiger partial charge >= 0.3 is 5.97 Å². The second kappa shape index (κ2) is 5.45. The van der Waals surface area contributed by atoms with Crippen molar-refractivity contribution < 1.29 is 9.90 Å². The van der Waals surface area contributed by atoms with E-state index in [4.69, 9.17) is 4.98 Å². The van der Waals surface area contributed by atoms with Crippen LogP contribution in [0.3, 0.4) is 0 Å². The number of carboxylic acid groups (broad SMARTS) is 1. The van der Waals surface area contributed by atoms with Gasteiger partial charge in [0, 0.05) is 37.8 Å². The number of carbonyl (C=O) groups is 1. The van der Waals surface area contributed by atoms with Gasteiger partial charge < -0.3 is 14.9 Å². The SMILES string of the molecule is CN1C[C@H]2CN(c3nc4c(cc3C#N)CCCC4)C[C@@]2(C(=O)O)C1. The molecule has 0 amide bonds. The fraction of sp³-hybridized carbons (Fsp3) is 0.611. The number of hydrogen-bond acceptors (Lipinski definition) is 5. The first-order valence-corrected chi connectivity index (χ1v) is 8.63. The molecule has 2 fully saturated rings. The molecule has 0 bridgehead atoms. The van der Waals surface area contributed by atoms with E-state index in [0.29, 0.717) is 31.0 Å². The minimum absolute atomic E-state index is 0.0874. The van der Waals surface area contributed by atoms with Crippen LogP contribution in [0.1, 0.15) is 29.7 Å². The molecule has 0 aromatic carbocycles. The molecular weight excluding hydrogens is 304 g/mol. The van der Waals surface area contributed by atoms with E-state index in [1.165, 1.54) is 5.56 Å². The fourth-order valence-electron chi connectivity index (χ4n) is 4.73. The summed E-state index contributed by atoms with van der Waals surface area (Å²) in [5, 5.41) is 19.4. The summed E-state index contributed by atoms with van der Waals surface area (Å²) in [5.74, 6) is 0.0519. The van der Waals surface area contributed by atoms with Crippen molar-refractivity contribution in [3.63, 3.8) is 0 Å². The van der Waals surface area contributed by atoms with Crippen molar-refractivity contribution in [2.45, 2.75) is 25.7 Å². The van der Waals surface area contributed by atoms with Gasteiger partial charge in [0.15, 0.2) is 0 Å². The van der Waals surface area contributed by atoms with Crippen molar-refractivity contribution in [3.8, 4) is 6.07 Å². The highest BCUT2D eigenvalue weighted by molar-refractivity contribution is 5.78. The van der Waals surface area contributed by atoms with E-state index < -0.39 is 11.4 Å². The number of aromatic nitrogens is 1. The Kier molecular flexibility index (Phi) is 3.50. The highest BCUT2D eigenvalue weighted by atomic mass is 16.4. The first-order chi connectivity index (χ1) is 11.5. The van der Waals surface area contributed by atoms with Crippen LogP contribution in [0.5, 0.6) is 0 Å². The summed E-state index contributed by atoms with van der Waals surface area (Å²) in [5.41, 5.74) is 2.13. The van der Waals surface area contributed by atoms with E-state index in [9.17, 15) is 15.2 Å². The summed E-state index contributed by atoms with van der Waals surface area (Å²) in [6.45, 7) is 2.46. The monoisotopic (exact) mass is 326 g/mol. The Labute approximate surface area is 141 Å². The molecule has 3 aliphatic rings. The first-order valence-electron chi connectivity index (χ1n) is 8.63. The molecule has 6 heteroatoms.